The predicted octanol–water partition coefficient (Wildman–Crippen LogP) is 3.18. The Morgan fingerprint density at radius 3 is 2.59 bits per heavy atom. The van der Waals surface area contributed by atoms with Crippen molar-refractivity contribution < 1.29 is 0 Å². The zero-order valence-electron chi connectivity index (χ0n) is 10.0. The van der Waals surface area contributed by atoms with E-state index in [1.807, 2.05) is 18.2 Å². The van der Waals surface area contributed by atoms with Crippen molar-refractivity contribution in [3.05, 3.63) is 33.8 Å². The van der Waals surface area contributed by atoms with Crippen molar-refractivity contribution in [2.24, 2.45) is 0 Å². The average molecular weight is 273 g/mol. The van der Waals surface area contributed by atoms with E-state index >= 15 is 0 Å². The second-order valence-electron chi connectivity index (χ2n) is 4.64. The van der Waals surface area contributed by atoms with Gasteiger partial charge in [-0.1, -0.05) is 29.3 Å². The number of hydrogen-bond acceptors (Lipinski definition) is 2. The molecule has 1 aliphatic rings. The van der Waals surface area contributed by atoms with Gasteiger partial charge in [0.1, 0.15) is 0 Å². The van der Waals surface area contributed by atoms with Crippen LogP contribution in [0.3, 0.4) is 0 Å². The summed E-state index contributed by atoms with van der Waals surface area (Å²) in [6.07, 6.45) is 2.44. The molecule has 94 valence electrons. The largest absolute Gasteiger partial charge is 0.317 e. The Bertz CT molecular complexity index is 376. The van der Waals surface area contributed by atoms with Crippen LogP contribution in [0.4, 0.5) is 0 Å². The minimum atomic E-state index is 0.625. The summed E-state index contributed by atoms with van der Waals surface area (Å²) < 4.78 is 0. The van der Waals surface area contributed by atoms with Crippen LogP contribution in [0.1, 0.15) is 18.4 Å². The van der Waals surface area contributed by atoms with Gasteiger partial charge >= 0.3 is 0 Å². The molecule has 17 heavy (non-hydrogen) atoms. The van der Waals surface area contributed by atoms with Crippen LogP contribution in [0.15, 0.2) is 18.2 Å². The van der Waals surface area contributed by atoms with Crippen LogP contribution in [0.2, 0.25) is 10.0 Å². The quantitative estimate of drug-likeness (QED) is 0.910. The van der Waals surface area contributed by atoms with Crippen molar-refractivity contribution in [2.75, 3.05) is 20.1 Å². The second kappa shape index (κ2) is 6.05. The first-order chi connectivity index (χ1) is 8.16. The van der Waals surface area contributed by atoms with Crippen LogP contribution in [0, 0.1) is 0 Å². The highest BCUT2D eigenvalue weighted by Gasteiger charge is 2.17. The maximum atomic E-state index is 6.02. The van der Waals surface area contributed by atoms with Gasteiger partial charge in [-0.25, -0.2) is 0 Å². The van der Waals surface area contributed by atoms with Crippen LogP contribution in [-0.4, -0.2) is 31.1 Å². The average Bonchev–Trinajstić information content (AvgIpc) is 2.35. The second-order valence-corrected chi connectivity index (χ2v) is 5.46. The van der Waals surface area contributed by atoms with Crippen molar-refractivity contribution in [2.45, 2.75) is 25.4 Å². The first kappa shape index (κ1) is 13.2. The van der Waals surface area contributed by atoms with Gasteiger partial charge in [-0.15, -0.1) is 0 Å². The molecule has 1 heterocycles. The Kier molecular flexibility index (Phi) is 4.69. The van der Waals surface area contributed by atoms with Gasteiger partial charge in [0.25, 0.3) is 0 Å². The molecule has 1 fully saturated rings. The third-order valence-electron chi connectivity index (χ3n) is 3.35. The zero-order valence-corrected chi connectivity index (χ0v) is 11.6. The molecule has 1 saturated heterocycles. The smallest absolute Gasteiger partial charge is 0.0595 e. The van der Waals surface area contributed by atoms with E-state index in [0.29, 0.717) is 16.1 Å². The number of nitrogens with zero attached hydrogens (tertiary/aromatic N) is 1. The number of rotatable bonds is 3. The lowest BCUT2D eigenvalue weighted by Crippen LogP contribution is -2.40. The highest BCUT2D eigenvalue weighted by molar-refractivity contribution is 6.42. The molecular formula is C13H18Cl2N2. The molecule has 4 heteroatoms. The number of piperidine rings is 1. The highest BCUT2D eigenvalue weighted by Crippen LogP contribution is 2.23. The molecule has 0 aliphatic carbocycles. The Hall–Kier alpha value is -0.280. The van der Waals surface area contributed by atoms with Gasteiger partial charge in [0.15, 0.2) is 0 Å². The molecule has 0 aromatic heterocycles. The molecule has 1 aromatic rings. The van der Waals surface area contributed by atoms with E-state index in [1.165, 1.54) is 18.4 Å². The Morgan fingerprint density at radius 1 is 1.24 bits per heavy atom. The van der Waals surface area contributed by atoms with E-state index in [4.69, 9.17) is 23.2 Å². The molecule has 0 spiro atoms. The van der Waals surface area contributed by atoms with Gasteiger partial charge in [-0.2, -0.15) is 0 Å². The molecular weight excluding hydrogens is 255 g/mol. The van der Waals surface area contributed by atoms with Gasteiger partial charge in [0.2, 0.25) is 0 Å². The van der Waals surface area contributed by atoms with Crippen LogP contribution in [-0.2, 0) is 6.54 Å². The van der Waals surface area contributed by atoms with Crippen LogP contribution in [0.5, 0.6) is 0 Å². The third-order valence-corrected chi connectivity index (χ3v) is 4.09. The molecule has 1 N–H and O–H groups in total. The maximum absolute atomic E-state index is 6.02. The fourth-order valence-electron chi connectivity index (χ4n) is 2.30. The van der Waals surface area contributed by atoms with E-state index in [2.05, 4.69) is 17.3 Å². The molecule has 0 bridgehead atoms. The number of hydrogen-bond donors (Lipinski definition) is 1. The minimum absolute atomic E-state index is 0.625. The van der Waals surface area contributed by atoms with Gasteiger partial charge in [0.05, 0.1) is 10.0 Å². The van der Waals surface area contributed by atoms with E-state index in [9.17, 15) is 0 Å². The van der Waals surface area contributed by atoms with E-state index in [1.54, 1.807) is 0 Å². The third kappa shape index (κ3) is 3.59. The van der Waals surface area contributed by atoms with Crippen LogP contribution >= 0.6 is 23.2 Å². The fraction of sp³-hybridized carbons (Fsp3) is 0.538. The first-order valence-corrected chi connectivity index (χ1v) is 6.77. The summed E-state index contributed by atoms with van der Waals surface area (Å²) in [5, 5.41) is 4.65. The van der Waals surface area contributed by atoms with Crippen molar-refractivity contribution in [3.63, 3.8) is 0 Å². The maximum Gasteiger partial charge on any atom is 0.0595 e. The number of nitrogens with one attached hydrogen (secondary N) is 1. The SMILES string of the molecule is CN(Cc1ccc(Cl)c(Cl)c1)C1CCNCC1. The summed E-state index contributed by atoms with van der Waals surface area (Å²) >= 11 is 11.9. The summed E-state index contributed by atoms with van der Waals surface area (Å²) in [5.74, 6) is 0. The fourth-order valence-corrected chi connectivity index (χ4v) is 2.62. The lowest BCUT2D eigenvalue weighted by atomic mass is 10.0. The Labute approximate surface area is 113 Å². The monoisotopic (exact) mass is 272 g/mol. The standard InChI is InChI=1S/C13H18Cl2N2/c1-17(11-4-6-16-7-5-11)9-10-2-3-12(14)13(15)8-10/h2-3,8,11,16H,4-7,9H2,1H3. The zero-order chi connectivity index (χ0) is 12.3. The number of benzene rings is 1. The molecule has 2 rings (SSSR count). The summed E-state index contributed by atoms with van der Waals surface area (Å²) in [6, 6.07) is 6.55. The van der Waals surface area contributed by atoms with Crippen molar-refractivity contribution in [1.82, 2.24) is 10.2 Å². The molecule has 0 unspecified atom stereocenters. The van der Waals surface area contributed by atoms with E-state index < -0.39 is 0 Å². The minimum Gasteiger partial charge on any atom is -0.317 e. The lowest BCUT2D eigenvalue weighted by Gasteiger charge is -2.31. The summed E-state index contributed by atoms with van der Waals surface area (Å²) in [4.78, 5) is 2.40. The topological polar surface area (TPSA) is 15.3 Å². The normalized spacial score (nSPS) is 17.6. The van der Waals surface area contributed by atoms with Crippen LogP contribution in [0.25, 0.3) is 0 Å². The summed E-state index contributed by atoms with van der Waals surface area (Å²) in [5.41, 5.74) is 1.22. The van der Waals surface area contributed by atoms with Crippen molar-refractivity contribution in [3.8, 4) is 0 Å². The van der Waals surface area contributed by atoms with Gasteiger partial charge in [-0.3, -0.25) is 4.90 Å². The summed E-state index contributed by atoms with van der Waals surface area (Å²) in [7, 11) is 2.18. The van der Waals surface area contributed by atoms with E-state index in [-0.39, 0.29) is 0 Å². The molecule has 0 atom stereocenters. The van der Waals surface area contributed by atoms with Crippen molar-refractivity contribution >= 4 is 23.2 Å². The van der Waals surface area contributed by atoms with E-state index in [0.717, 1.165) is 19.6 Å². The Morgan fingerprint density at radius 2 is 1.94 bits per heavy atom. The van der Waals surface area contributed by atoms with Crippen LogP contribution < -0.4 is 5.32 Å². The molecule has 0 amide bonds. The van der Waals surface area contributed by atoms with Crippen molar-refractivity contribution in [1.29, 1.82) is 0 Å². The first-order valence-electron chi connectivity index (χ1n) is 6.01. The highest BCUT2D eigenvalue weighted by atomic mass is 35.5. The van der Waals surface area contributed by atoms with Gasteiger partial charge < -0.3 is 5.32 Å². The molecule has 0 radical (unpaired) electrons. The Balaban J connectivity index is 1.96. The van der Waals surface area contributed by atoms with Gasteiger partial charge in [-0.05, 0) is 50.7 Å². The molecule has 2 nitrogen and oxygen atoms in total. The van der Waals surface area contributed by atoms with Gasteiger partial charge in [0, 0.05) is 12.6 Å². The molecule has 1 aliphatic heterocycles. The predicted molar refractivity (Wildman–Crippen MR) is 73.8 cm³/mol. The molecule has 0 saturated carbocycles. The number of halogens is 2. The molecule has 1 aromatic carbocycles. The lowest BCUT2D eigenvalue weighted by molar-refractivity contribution is 0.192. The summed E-state index contributed by atoms with van der Waals surface area (Å²) in [6.45, 7) is 3.17.